The highest BCUT2D eigenvalue weighted by Crippen LogP contribution is 2.29. The lowest BCUT2D eigenvalue weighted by molar-refractivity contribution is 0.249. The van der Waals surface area contributed by atoms with Crippen LogP contribution in [-0.4, -0.2) is 49.2 Å². The van der Waals surface area contributed by atoms with E-state index in [1.807, 2.05) is 11.3 Å². The summed E-state index contributed by atoms with van der Waals surface area (Å²) in [5, 5.41) is 4.75. The Kier molecular flexibility index (Phi) is 6.02. The van der Waals surface area contributed by atoms with Crippen LogP contribution < -0.4 is 10.2 Å². The Hall–Kier alpha value is -0.650. The quantitative estimate of drug-likeness (QED) is 0.875. The molecule has 0 spiro atoms. The normalized spacial score (nSPS) is 17.2. The van der Waals surface area contributed by atoms with Crippen molar-refractivity contribution >= 4 is 16.5 Å². The first-order valence-corrected chi connectivity index (χ1v) is 8.96. The third kappa shape index (κ3) is 4.41. The average Bonchev–Trinajstić information content (AvgIpc) is 2.88. The molecular weight excluding hydrogens is 280 g/mol. The molecule has 1 aromatic rings. The molecule has 0 unspecified atom stereocenters. The Labute approximate surface area is 133 Å². The van der Waals surface area contributed by atoms with Crippen LogP contribution in [0.25, 0.3) is 0 Å². The number of nitrogens with one attached hydrogen (secondary N) is 1. The highest BCUT2D eigenvalue weighted by Gasteiger charge is 2.23. The summed E-state index contributed by atoms with van der Waals surface area (Å²) in [5.41, 5.74) is 1.28. The van der Waals surface area contributed by atoms with Gasteiger partial charge in [-0.1, -0.05) is 20.8 Å². The van der Waals surface area contributed by atoms with Gasteiger partial charge < -0.3 is 15.1 Å². The Morgan fingerprint density at radius 2 is 2.00 bits per heavy atom. The van der Waals surface area contributed by atoms with Crippen molar-refractivity contribution in [2.24, 2.45) is 0 Å². The van der Waals surface area contributed by atoms with Crippen LogP contribution in [0, 0.1) is 0 Å². The number of rotatable bonds is 6. The number of nitrogens with zero attached hydrogens (tertiary/aromatic N) is 3. The maximum absolute atomic E-state index is 4.89. The van der Waals surface area contributed by atoms with Crippen LogP contribution in [0.5, 0.6) is 0 Å². The minimum atomic E-state index is 0.524. The van der Waals surface area contributed by atoms with Crippen LogP contribution >= 0.6 is 11.3 Å². The molecule has 2 heterocycles. The summed E-state index contributed by atoms with van der Waals surface area (Å²) in [6.07, 6.45) is 3.51. The number of thiazole rings is 1. The molecule has 0 aliphatic carbocycles. The van der Waals surface area contributed by atoms with E-state index in [0.717, 1.165) is 32.1 Å². The van der Waals surface area contributed by atoms with Gasteiger partial charge in [0.15, 0.2) is 5.13 Å². The molecule has 4 nitrogen and oxygen atoms in total. The molecule has 5 heteroatoms. The van der Waals surface area contributed by atoms with Crippen LogP contribution in [0.4, 0.5) is 5.13 Å². The van der Waals surface area contributed by atoms with Crippen molar-refractivity contribution in [3.05, 3.63) is 10.6 Å². The third-order valence-corrected chi connectivity index (χ3v) is 5.40. The van der Waals surface area contributed by atoms with Crippen LogP contribution in [0.3, 0.4) is 0 Å². The molecule has 1 fully saturated rings. The van der Waals surface area contributed by atoms with E-state index < -0.39 is 0 Å². The second-order valence-electron chi connectivity index (χ2n) is 6.44. The molecule has 120 valence electrons. The summed E-state index contributed by atoms with van der Waals surface area (Å²) < 4.78 is 0. The SMILES string of the molecule is CCc1nc(N2CCC(N(C)C)CC2)sc1CNC(C)C. The van der Waals surface area contributed by atoms with Gasteiger partial charge in [-0.2, -0.15) is 0 Å². The van der Waals surface area contributed by atoms with Gasteiger partial charge >= 0.3 is 0 Å². The minimum absolute atomic E-state index is 0.524. The number of aromatic nitrogens is 1. The summed E-state index contributed by atoms with van der Waals surface area (Å²) >= 11 is 1.88. The lowest BCUT2D eigenvalue weighted by atomic mass is 10.0. The Bertz CT molecular complexity index is 433. The molecule has 1 N–H and O–H groups in total. The Morgan fingerprint density at radius 3 is 2.52 bits per heavy atom. The van der Waals surface area contributed by atoms with Crippen molar-refractivity contribution < 1.29 is 0 Å². The summed E-state index contributed by atoms with van der Waals surface area (Å²) in [4.78, 5) is 11.1. The fourth-order valence-electron chi connectivity index (χ4n) is 2.79. The molecule has 0 bridgehead atoms. The number of hydrogen-bond donors (Lipinski definition) is 1. The number of aryl methyl sites for hydroxylation is 1. The standard InChI is InChI=1S/C16H30N4S/c1-6-14-15(11-17-12(2)3)21-16(18-14)20-9-7-13(8-10-20)19(4)5/h12-13,17H,6-11H2,1-5H3. The Balaban J connectivity index is 2.00. The molecule has 1 aliphatic heterocycles. The van der Waals surface area contributed by atoms with Gasteiger partial charge in [-0.15, -0.1) is 11.3 Å². The van der Waals surface area contributed by atoms with Gasteiger partial charge in [-0.25, -0.2) is 4.98 Å². The number of hydrogen-bond acceptors (Lipinski definition) is 5. The smallest absolute Gasteiger partial charge is 0.185 e. The van der Waals surface area contributed by atoms with E-state index >= 15 is 0 Å². The van der Waals surface area contributed by atoms with Crippen LogP contribution in [-0.2, 0) is 13.0 Å². The van der Waals surface area contributed by atoms with Gasteiger partial charge in [-0.05, 0) is 33.4 Å². The summed E-state index contributed by atoms with van der Waals surface area (Å²) in [7, 11) is 4.38. The molecular formula is C16H30N4S. The highest BCUT2D eigenvalue weighted by molar-refractivity contribution is 7.15. The van der Waals surface area contributed by atoms with E-state index in [2.05, 4.69) is 50.0 Å². The van der Waals surface area contributed by atoms with Crippen molar-refractivity contribution in [3.8, 4) is 0 Å². The van der Waals surface area contributed by atoms with E-state index in [4.69, 9.17) is 4.98 Å². The van der Waals surface area contributed by atoms with Crippen LogP contribution in [0.1, 0.15) is 44.2 Å². The van der Waals surface area contributed by atoms with Crippen molar-refractivity contribution in [2.45, 2.75) is 58.7 Å². The fraction of sp³-hybridized carbons (Fsp3) is 0.812. The van der Waals surface area contributed by atoms with Gasteiger partial charge in [0.2, 0.25) is 0 Å². The second-order valence-corrected chi connectivity index (χ2v) is 7.50. The van der Waals surface area contributed by atoms with Crippen molar-refractivity contribution in [3.63, 3.8) is 0 Å². The van der Waals surface area contributed by atoms with Crippen LogP contribution in [0.2, 0.25) is 0 Å². The van der Waals surface area contributed by atoms with Gasteiger partial charge in [0, 0.05) is 36.6 Å². The maximum atomic E-state index is 4.89. The van der Waals surface area contributed by atoms with Crippen LogP contribution in [0.15, 0.2) is 0 Å². The molecule has 2 rings (SSSR count). The van der Waals surface area contributed by atoms with E-state index in [0.29, 0.717) is 6.04 Å². The van der Waals surface area contributed by atoms with E-state index in [-0.39, 0.29) is 0 Å². The first-order valence-electron chi connectivity index (χ1n) is 8.14. The summed E-state index contributed by atoms with van der Waals surface area (Å²) in [6.45, 7) is 9.81. The molecule has 0 aromatic carbocycles. The zero-order chi connectivity index (χ0) is 15.4. The summed E-state index contributed by atoms with van der Waals surface area (Å²) in [5.74, 6) is 0. The van der Waals surface area contributed by atoms with E-state index in [1.54, 1.807) is 0 Å². The van der Waals surface area contributed by atoms with E-state index in [9.17, 15) is 0 Å². The predicted molar refractivity (Wildman–Crippen MR) is 92.4 cm³/mol. The molecule has 1 aromatic heterocycles. The predicted octanol–water partition coefficient (Wildman–Crippen LogP) is 2.73. The highest BCUT2D eigenvalue weighted by atomic mass is 32.1. The molecule has 21 heavy (non-hydrogen) atoms. The van der Waals surface area contributed by atoms with Gasteiger partial charge in [0.1, 0.15) is 0 Å². The van der Waals surface area contributed by atoms with Gasteiger partial charge in [0.25, 0.3) is 0 Å². The summed E-state index contributed by atoms with van der Waals surface area (Å²) in [6, 6.07) is 1.25. The van der Waals surface area contributed by atoms with Crippen molar-refractivity contribution in [1.82, 2.24) is 15.2 Å². The second kappa shape index (κ2) is 7.56. The molecule has 0 amide bonds. The lowest BCUT2D eigenvalue weighted by Gasteiger charge is -2.35. The van der Waals surface area contributed by atoms with Gasteiger partial charge in [0.05, 0.1) is 5.69 Å². The minimum Gasteiger partial charge on any atom is -0.348 e. The Morgan fingerprint density at radius 1 is 1.33 bits per heavy atom. The molecule has 1 saturated heterocycles. The van der Waals surface area contributed by atoms with Crippen molar-refractivity contribution in [2.75, 3.05) is 32.1 Å². The zero-order valence-electron chi connectivity index (χ0n) is 14.1. The molecule has 0 radical (unpaired) electrons. The number of piperidine rings is 1. The first kappa shape index (κ1) is 16.7. The monoisotopic (exact) mass is 310 g/mol. The molecule has 0 saturated carbocycles. The number of anilines is 1. The first-order chi connectivity index (χ1) is 10.0. The largest absolute Gasteiger partial charge is 0.348 e. The maximum Gasteiger partial charge on any atom is 0.185 e. The van der Waals surface area contributed by atoms with E-state index in [1.165, 1.54) is 28.5 Å². The third-order valence-electron chi connectivity index (χ3n) is 4.24. The van der Waals surface area contributed by atoms with Crippen molar-refractivity contribution in [1.29, 1.82) is 0 Å². The zero-order valence-corrected chi connectivity index (χ0v) is 15.0. The molecule has 0 atom stereocenters. The average molecular weight is 311 g/mol. The topological polar surface area (TPSA) is 31.4 Å². The lowest BCUT2D eigenvalue weighted by Crippen LogP contribution is -2.41. The van der Waals surface area contributed by atoms with Gasteiger partial charge in [-0.3, -0.25) is 0 Å². The molecule has 1 aliphatic rings. The fourth-order valence-corrected chi connectivity index (χ4v) is 3.94.